The van der Waals surface area contributed by atoms with Crippen molar-refractivity contribution >= 4 is 15.9 Å². The number of hydrogen-bond donors (Lipinski definition) is 0. The fourth-order valence-corrected chi connectivity index (χ4v) is 2.91. The molecule has 0 amide bonds. The van der Waals surface area contributed by atoms with Gasteiger partial charge in [0.2, 0.25) is 0 Å². The van der Waals surface area contributed by atoms with Crippen molar-refractivity contribution in [1.29, 1.82) is 0 Å². The minimum absolute atomic E-state index is 0.224. The Balaban J connectivity index is 2.06. The van der Waals surface area contributed by atoms with Crippen molar-refractivity contribution in [3.63, 3.8) is 0 Å². The monoisotopic (exact) mass is 309 g/mol. The second kappa shape index (κ2) is 4.48. The van der Waals surface area contributed by atoms with Crippen molar-refractivity contribution in [2.75, 3.05) is 13.6 Å². The van der Waals surface area contributed by atoms with Crippen molar-refractivity contribution in [3.05, 3.63) is 40.5 Å². The second-order valence-corrected chi connectivity index (χ2v) is 5.31. The first-order chi connectivity index (χ1) is 8.65. The van der Waals surface area contributed by atoms with Gasteiger partial charge >= 0.3 is 0 Å². The predicted octanol–water partition coefficient (Wildman–Crippen LogP) is 2.90. The van der Waals surface area contributed by atoms with Gasteiger partial charge in [0.1, 0.15) is 21.9 Å². The molecule has 94 valence electrons. The van der Waals surface area contributed by atoms with E-state index in [-0.39, 0.29) is 5.82 Å². The van der Waals surface area contributed by atoms with Crippen LogP contribution >= 0.6 is 15.9 Å². The Hall–Kier alpha value is -1.20. The maximum absolute atomic E-state index is 12.9. The number of fused-ring (bicyclic) bond motifs is 1. The van der Waals surface area contributed by atoms with Gasteiger partial charge in [-0.15, -0.1) is 0 Å². The number of benzene rings is 1. The summed E-state index contributed by atoms with van der Waals surface area (Å²) in [5.74, 6) is 0.827. The number of halogens is 2. The third-order valence-electron chi connectivity index (χ3n) is 3.22. The quantitative estimate of drug-likeness (QED) is 0.807. The Bertz CT molecular complexity index is 577. The standard InChI is InChI=1S/C13H13BrFN3/c1-17-6-7-18-11(8-17)16-12(13(18)14)9-2-4-10(15)5-3-9/h2-5H,6-8H2,1H3. The molecule has 0 spiro atoms. The highest BCUT2D eigenvalue weighted by Crippen LogP contribution is 2.30. The summed E-state index contributed by atoms with van der Waals surface area (Å²) < 4.78 is 16.1. The number of rotatable bonds is 1. The predicted molar refractivity (Wildman–Crippen MR) is 71.7 cm³/mol. The Labute approximate surface area is 113 Å². The molecule has 0 radical (unpaired) electrons. The summed E-state index contributed by atoms with van der Waals surface area (Å²) in [6.07, 6.45) is 0. The van der Waals surface area contributed by atoms with Crippen LogP contribution in [0, 0.1) is 5.82 Å². The Morgan fingerprint density at radius 2 is 1.94 bits per heavy atom. The van der Waals surface area contributed by atoms with E-state index in [1.54, 1.807) is 12.1 Å². The first kappa shape index (κ1) is 11.9. The number of nitrogens with zero attached hydrogens (tertiary/aromatic N) is 3. The maximum Gasteiger partial charge on any atom is 0.124 e. The van der Waals surface area contributed by atoms with Crippen LogP contribution in [0.25, 0.3) is 11.3 Å². The van der Waals surface area contributed by atoms with Gasteiger partial charge in [-0.3, -0.25) is 4.90 Å². The summed E-state index contributed by atoms with van der Waals surface area (Å²) in [4.78, 5) is 6.89. The molecule has 0 atom stereocenters. The van der Waals surface area contributed by atoms with Crippen LogP contribution in [-0.4, -0.2) is 28.0 Å². The molecule has 0 saturated heterocycles. The molecule has 18 heavy (non-hydrogen) atoms. The molecule has 1 aromatic carbocycles. The van der Waals surface area contributed by atoms with E-state index in [1.165, 1.54) is 12.1 Å². The van der Waals surface area contributed by atoms with Gasteiger partial charge in [0.05, 0.1) is 6.54 Å². The van der Waals surface area contributed by atoms with E-state index >= 15 is 0 Å². The van der Waals surface area contributed by atoms with Gasteiger partial charge in [-0.1, -0.05) is 0 Å². The summed E-state index contributed by atoms with van der Waals surface area (Å²) in [5.41, 5.74) is 1.83. The van der Waals surface area contributed by atoms with E-state index < -0.39 is 0 Å². The second-order valence-electron chi connectivity index (χ2n) is 4.56. The molecule has 0 fully saturated rings. The van der Waals surface area contributed by atoms with Crippen molar-refractivity contribution in [2.45, 2.75) is 13.1 Å². The number of aromatic nitrogens is 2. The molecule has 1 aromatic heterocycles. The largest absolute Gasteiger partial charge is 0.320 e. The SMILES string of the molecule is CN1CCn2c(nc(-c3ccc(F)cc3)c2Br)C1. The molecule has 5 heteroatoms. The fraction of sp³-hybridized carbons (Fsp3) is 0.308. The van der Waals surface area contributed by atoms with Crippen LogP contribution in [0.15, 0.2) is 28.9 Å². The van der Waals surface area contributed by atoms with E-state index in [1.807, 2.05) is 0 Å². The molecule has 1 aliphatic rings. The highest BCUT2D eigenvalue weighted by Gasteiger charge is 2.21. The van der Waals surface area contributed by atoms with E-state index in [2.05, 4.69) is 37.4 Å². The van der Waals surface area contributed by atoms with Gasteiger partial charge in [0, 0.05) is 18.7 Å². The lowest BCUT2D eigenvalue weighted by molar-refractivity contribution is 0.263. The summed E-state index contributed by atoms with van der Waals surface area (Å²) in [6, 6.07) is 6.45. The van der Waals surface area contributed by atoms with Gasteiger partial charge in [-0.25, -0.2) is 9.37 Å². The molecule has 3 rings (SSSR count). The minimum atomic E-state index is -0.224. The Morgan fingerprint density at radius 3 is 2.67 bits per heavy atom. The van der Waals surface area contributed by atoms with Crippen LogP contribution in [0.1, 0.15) is 5.82 Å². The third kappa shape index (κ3) is 1.97. The van der Waals surface area contributed by atoms with Gasteiger partial charge in [0.15, 0.2) is 0 Å². The molecule has 0 N–H and O–H groups in total. The summed E-state index contributed by atoms with van der Waals surface area (Å²) >= 11 is 3.60. The van der Waals surface area contributed by atoms with E-state index in [9.17, 15) is 4.39 Å². The topological polar surface area (TPSA) is 21.1 Å². The molecular weight excluding hydrogens is 297 g/mol. The molecule has 2 heterocycles. The first-order valence-electron chi connectivity index (χ1n) is 5.84. The van der Waals surface area contributed by atoms with E-state index in [4.69, 9.17) is 0 Å². The third-order valence-corrected chi connectivity index (χ3v) is 4.02. The molecule has 0 unspecified atom stereocenters. The zero-order valence-electron chi connectivity index (χ0n) is 10.0. The summed E-state index contributed by atoms with van der Waals surface area (Å²) in [7, 11) is 2.09. The Morgan fingerprint density at radius 1 is 1.22 bits per heavy atom. The van der Waals surface area contributed by atoms with Crippen LogP contribution in [0.2, 0.25) is 0 Å². The highest BCUT2D eigenvalue weighted by molar-refractivity contribution is 9.10. The zero-order chi connectivity index (χ0) is 12.7. The summed E-state index contributed by atoms with van der Waals surface area (Å²) in [5, 5.41) is 0. The van der Waals surface area contributed by atoms with Crippen LogP contribution < -0.4 is 0 Å². The molecular formula is C13H13BrFN3. The molecule has 0 saturated carbocycles. The molecule has 0 aliphatic carbocycles. The highest BCUT2D eigenvalue weighted by atomic mass is 79.9. The lowest BCUT2D eigenvalue weighted by Crippen LogP contribution is -2.30. The molecule has 1 aliphatic heterocycles. The number of likely N-dealkylation sites (N-methyl/N-ethyl adjacent to an activating group) is 1. The van der Waals surface area contributed by atoms with Crippen LogP contribution in [-0.2, 0) is 13.1 Å². The van der Waals surface area contributed by atoms with Crippen molar-refractivity contribution in [1.82, 2.24) is 14.5 Å². The zero-order valence-corrected chi connectivity index (χ0v) is 11.6. The lowest BCUT2D eigenvalue weighted by Gasteiger charge is -2.23. The molecule has 2 aromatic rings. The average molecular weight is 310 g/mol. The van der Waals surface area contributed by atoms with Crippen LogP contribution in [0.3, 0.4) is 0 Å². The molecule has 0 bridgehead atoms. The minimum Gasteiger partial charge on any atom is -0.320 e. The van der Waals surface area contributed by atoms with Crippen molar-refractivity contribution < 1.29 is 4.39 Å². The van der Waals surface area contributed by atoms with Crippen molar-refractivity contribution in [3.8, 4) is 11.3 Å². The van der Waals surface area contributed by atoms with E-state index in [0.717, 1.165) is 41.3 Å². The summed E-state index contributed by atoms with van der Waals surface area (Å²) in [6.45, 7) is 2.80. The number of imidazole rings is 1. The number of hydrogen-bond acceptors (Lipinski definition) is 2. The van der Waals surface area contributed by atoms with Gasteiger partial charge in [0.25, 0.3) is 0 Å². The van der Waals surface area contributed by atoms with Crippen molar-refractivity contribution in [2.24, 2.45) is 0 Å². The van der Waals surface area contributed by atoms with E-state index in [0.29, 0.717) is 0 Å². The fourth-order valence-electron chi connectivity index (χ4n) is 2.21. The lowest BCUT2D eigenvalue weighted by atomic mass is 10.2. The van der Waals surface area contributed by atoms with Crippen LogP contribution in [0.4, 0.5) is 4.39 Å². The van der Waals surface area contributed by atoms with Crippen LogP contribution in [0.5, 0.6) is 0 Å². The maximum atomic E-state index is 12.9. The average Bonchev–Trinajstić information content (AvgIpc) is 2.67. The smallest absolute Gasteiger partial charge is 0.124 e. The normalized spacial score (nSPS) is 15.7. The molecule has 3 nitrogen and oxygen atoms in total. The first-order valence-corrected chi connectivity index (χ1v) is 6.64. The van der Waals surface area contributed by atoms with Gasteiger partial charge in [-0.05, 0) is 47.2 Å². The van der Waals surface area contributed by atoms with Gasteiger partial charge in [-0.2, -0.15) is 0 Å². The van der Waals surface area contributed by atoms with Gasteiger partial charge < -0.3 is 4.57 Å². The Kier molecular flexibility index (Phi) is 2.95.